The van der Waals surface area contributed by atoms with Gasteiger partial charge in [-0.3, -0.25) is 4.79 Å². The Labute approximate surface area is 87.4 Å². The van der Waals surface area contributed by atoms with Gasteiger partial charge in [0.05, 0.1) is 0 Å². The fourth-order valence-corrected chi connectivity index (χ4v) is 1.86. The van der Waals surface area contributed by atoms with Crippen LogP contribution in [0.4, 0.5) is 0 Å². The van der Waals surface area contributed by atoms with Gasteiger partial charge < -0.3 is 10.4 Å². The molecular formula is C9H15NO3S. The number of carboxylic acids is 1. The summed E-state index contributed by atoms with van der Waals surface area (Å²) in [6, 6.07) is -0.738. The van der Waals surface area contributed by atoms with Crippen molar-refractivity contribution in [3.8, 4) is 0 Å². The maximum atomic E-state index is 11.4. The van der Waals surface area contributed by atoms with Gasteiger partial charge in [-0.05, 0) is 19.1 Å². The number of rotatable bonds is 5. The van der Waals surface area contributed by atoms with Crippen LogP contribution in [0.25, 0.3) is 0 Å². The predicted molar refractivity (Wildman–Crippen MR) is 55.3 cm³/mol. The largest absolute Gasteiger partial charge is 0.480 e. The summed E-state index contributed by atoms with van der Waals surface area (Å²) in [5.74, 6) is -0.572. The van der Waals surface area contributed by atoms with Crippen molar-refractivity contribution in [3.63, 3.8) is 0 Å². The maximum absolute atomic E-state index is 11.4. The van der Waals surface area contributed by atoms with Gasteiger partial charge in [-0.15, -0.1) is 0 Å². The number of carboxylic acid groups (broad SMARTS) is 1. The van der Waals surface area contributed by atoms with Crippen molar-refractivity contribution in [2.45, 2.75) is 25.3 Å². The second-order valence-corrected chi connectivity index (χ2v) is 4.39. The average molecular weight is 217 g/mol. The number of carbonyl (C=O) groups is 2. The van der Waals surface area contributed by atoms with Gasteiger partial charge in [0, 0.05) is 11.7 Å². The van der Waals surface area contributed by atoms with Crippen molar-refractivity contribution < 1.29 is 14.7 Å². The normalized spacial score (nSPS) is 18.4. The fourth-order valence-electron chi connectivity index (χ4n) is 1.30. The second-order valence-electron chi connectivity index (χ2n) is 3.48. The molecule has 14 heavy (non-hydrogen) atoms. The third kappa shape index (κ3) is 2.90. The molecule has 0 aromatic carbocycles. The van der Waals surface area contributed by atoms with E-state index in [0.717, 1.165) is 19.3 Å². The standard InChI is InChI=1S/C9H15NO3S/c1-14-5-7(9(12)13)10-8(11)6-3-2-4-6/h6-7H,2-5H2,1H3,(H,10,11)(H,12,13). The first kappa shape index (κ1) is 11.4. The predicted octanol–water partition coefficient (Wildman–Crippen LogP) is 0.719. The minimum absolute atomic E-state index is 0.0544. The molecule has 80 valence electrons. The summed E-state index contributed by atoms with van der Waals surface area (Å²) < 4.78 is 0. The highest BCUT2D eigenvalue weighted by atomic mass is 32.2. The van der Waals surface area contributed by atoms with Gasteiger partial charge in [0.25, 0.3) is 0 Å². The molecule has 0 bridgehead atoms. The first-order valence-electron chi connectivity index (χ1n) is 4.67. The van der Waals surface area contributed by atoms with Gasteiger partial charge in [-0.2, -0.15) is 11.8 Å². The van der Waals surface area contributed by atoms with Crippen LogP contribution in [0.1, 0.15) is 19.3 Å². The summed E-state index contributed by atoms with van der Waals surface area (Å²) in [7, 11) is 0. The van der Waals surface area contributed by atoms with Gasteiger partial charge in [-0.25, -0.2) is 4.79 Å². The van der Waals surface area contributed by atoms with Crippen LogP contribution in [0.3, 0.4) is 0 Å². The van der Waals surface area contributed by atoms with Gasteiger partial charge in [0.15, 0.2) is 0 Å². The van der Waals surface area contributed by atoms with Gasteiger partial charge in [-0.1, -0.05) is 6.42 Å². The van der Waals surface area contributed by atoms with E-state index in [1.54, 1.807) is 0 Å². The number of hydrogen-bond donors (Lipinski definition) is 2. The van der Waals surface area contributed by atoms with Crippen LogP contribution in [0.15, 0.2) is 0 Å². The molecule has 0 heterocycles. The third-order valence-electron chi connectivity index (χ3n) is 2.42. The summed E-state index contributed by atoms with van der Waals surface area (Å²) in [5.41, 5.74) is 0. The number of amides is 1. The van der Waals surface area contributed by atoms with Crippen molar-refractivity contribution in [2.24, 2.45) is 5.92 Å². The van der Waals surface area contributed by atoms with E-state index >= 15 is 0 Å². The zero-order valence-corrected chi connectivity index (χ0v) is 8.97. The molecule has 0 aromatic heterocycles. The van der Waals surface area contributed by atoms with Crippen LogP contribution in [0, 0.1) is 5.92 Å². The first-order chi connectivity index (χ1) is 6.65. The van der Waals surface area contributed by atoms with E-state index in [1.807, 2.05) is 6.26 Å². The van der Waals surface area contributed by atoms with Crippen LogP contribution in [0.2, 0.25) is 0 Å². The topological polar surface area (TPSA) is 66.4 Å². The van der Waals surface area contributed by atoms with Crippen LogP contribution in [0.5, 0.6) is 0 Å². The molecule has 0 radical (unpaired) electrons. The van der Waals surface area contributed by atoms with Gasteiger partial charge in [0.2, 0.25) is 5.91 Å². The monoisotopic (exact) mass is 217 g/mol. The molecule has 0 aliphatic heterocycles. The average Bonchev–Trinajstić information content (AvgIpc) is 1.99. The lowest BCUT2D eigenvalue weighted by atomic mass is 9.84. The van der Waals surface area contributed by atoms with Crippen molar-refractivity contribution in [2.75, 3.05) is 12.0 Å². The van der Waals surface area contributed by atoms with Gasteiger partial charge >= 0.3 is 5.97 Å². The zero-order chi connectivity index (χ0) is 10.6. The van der Waals surface area contributed by atoms with Crippen LogP contribution in [-0.2, 0) is 9.59 Å². The minimum Gasteiger partial charge on any atom is -0.480 e. The van der Waals surface area contributed by atoms with E-state index in [4.69, 9.17) is 5.11 Å². The van der Waals surface area contributed by atoms with Crippen LogP contribution < -0.4 is 5.32 Å². The highest BCUT2D eigenvalue weighted by Gasteiger charge is 2.28. The smallest absolute Gasteiger partial charge is 0.327 e. The molecule has 1 unspecified atom stereocenters. The molecule has 1 fully saturated rings. The van der Waals surface area contributed by atoms with E-state index in [2.05, 4.69) is 5.32 Å². The summed E-state index contributed by atoms with van der Waals surface area (Å²) in [6.07, 6.45) is 4.71. The number of nitrogens with one attached hydrogen (secondary N) is 1. The highest BCUT2D eigenvalue weighted by Crippen LogP contribution is 2.26. The molecule has 1 atom stereocenters. The number of carbonyl (C=O) groups excluding carboxylic acids is 1. The van der Waals surface area contributed by atoms with E-state index in [0.29, 0.717) is 5.75 Å². The Bertz CT molecular complexity index is 228. The molecule has 1 aliphatic carbocycles. The van der Waals surface area contributed by atoms with E-state index in [9.17, 15) is 9.59 Å². The first-order valence-corrected chi connectivity index (χ1v) is 6.06. The fraction of sp³-hybridized carbons (Fsp3) is 0.778. The summed E-state index contributed by atoms with van der Waals surface area (Å²) in [4.78, 5) is 22.2. The summed E-state index contributed by atoms with van der Waals surface area (Å²) in [5, 5.41) is 11.4. The third-order valence-corrected chi connectivity index (χ3v) is 3.09. The lowest BCUT2D eigenvalue weighted by Crippen LogP contribution is -2.46. The van der Waals surface area contributed by atoms with Crippen molar-refractivity contribution >= 4 is 23.6 Å². The molecule has 0 spiro atoms. The Morgan fingerprint density at radius 2 is 2.21 bits per heavy atom. The lowest BCUT2D eigenvalue weighted by molar-refractivity contribution is -0.142. The van der Waals surface area contributed by atoms with E-state index < -0.39 is 12.0 Å². The molecule has 0 saturated heterocycles. The Morgan fingerprint density at radius 3 is 2.57 bits per heavy atom. The quantitative estimate of drug-likeness (QED) is 0.712. The second kappa shape index (κ2) is 5.24. The Kier molecular flexibility index (Phi) is 4.25. The molecule has 1 rings (SSSR count). The highest BCUT2D eigenvalue weighted by molar-refractivity contribution is 7.98. The van der Waals surface area contributed by atoms with E-state index in [1.165, 1.54) is 11.8 Å². The van der Waals surface area contributed by atoms with Crippen LogP contribution in [-0.4, -0.2) is 35.0 Å². The van der Waals surface area contributed by atoms with Crippen LogP contribution >= 0.6 is 11.8 Å². The molecule has 4 nitrogen and oxygen atoms in total. The number of hydrogen-bond acceptors (Lipinski definition) is 3. The van der Waals surface area contributed by atoms with E-state index in [-0.39, 0.29) is 11.8 Å². The summed E-state index contributed by atoms with van der Waals surface area (Å²) >= 11 is 1.42. The minimum atomic E-state index is -0.952. The molecule has 1 aliphatic rings. The molecule has 5 heteroatoms. The van der Waals surface area contributed by atoms with Crippen molar-refractivity contribution in [3.05, 3.63) is 0 Å². The maximum Gasteiger partial charge on any atom is 0.327 e. The Balaban J connectivity index is 2.37. The molecule has 1 saturated carbocycles. The SMILES string of the molecule is CSCC(NC(=O)C1CCC1)C(=O)O. The Morgan fingerprint density at radius 1 is 1.57 bits per heavy atom. The van der Waals surface area contributed by atoms with Crippen molar-refractivity contribution in [1.82, 2.24) is 5.32 Å². The molecule has 2 N–H and O–H groups in total. The lowest BCUT2D eigenvalue weighted by Gasteiger charge is -2.25. The summed E-state index contributed by atoms with van der Waals surface area (Å²) in [6.45, 7) is 0. The van der Waals surface area contributed by atoms with Crippen molar-refractivity contribution in [1.29, 1.82) is 0 Å². The number of thioether (sulfide) groups is 1. The molecular weight excluding hydrogens is 202 g/mol. The number of aliphatic carboxylic acids is 1. The molecule has 1 amide bonds. The molecule has 0 aromatic rings. The Hall–Kier alpha value is -0.710. The zero-order valence-electron chi connectivity index (χ0n) is 8.16. The van der Waals surface area contributed by atoms with Gasteiger partial charge in [0.1, 0.15) is 6.04 Å².